The maximum absolute atomic E-state index is 12.1. The zero-order chi connectivity index (χ0) is 14.5. The average Bonchev–Trinajstić information content (AvgIpc) is 2.86. The number of carbonyl (C=O) groups excluding carboxylic acids is 2. The van der Waals surface area contributed by atoms with Crippen LogP contribution >= 0.6 is 0 Å². The third-order valence-electron chi connectivity index (χ3n) is 2.67. The fourth-order valence-corrected chi connectivity index (χ4v) is 1.65. The fourth-order valence-electron chi connectivity index (χ4n) is 1.65. The number of carbonyl (C=O) groups is 2. The summed E-state index contributed by atoms with van der Waals surface area (Å²) >= 11 is 0. The van der Waals surface area contributed by atoms with E-state index in [4.69, 9.17) is 9.68 Å². The predicted molar refractivity (Wildman–Crippen MR) is 69.7 cm³/mol. The molecule has 2 aromatic rings. The summed E-state index contributed by atoms with van der Waals surface area (Å²) in [5, 5.41) is 11.6. The normalized spacial score (nSPS) is 11.4. The molecular weight excluding hydrogens is 258 g/mol. The number of para-hydroxylation sites is 1. The highest BCUT2D eigenvalue weighted by Gasteiger charge is 2.30. The first-order valence-electron chi connectivity index (χ1n) is 5.83. The van der Waals surface area contributed by atoms with Crippen LogP contribution in [0.1, 0.15) is 16.2 Å². The van der Waals surface area contributed by atoms with Gasteiger partial charge < -0.3 is 9.73 Å². The van der Waals surface area contributed by atoms with E-state index in [0.29, 0.717) is 5.69 Å². The lowest BCUT2D eigenvalue weighted by atomic mass is 10.0. The number of anilines is 1. The van der Waals surface area contributed by atoms with Crippen molar-refractivity contribution in [3.8, 4) is 6.07 Å². The summed E-state index contributed by atoms with van der Waals surface area (Å²) in [6, 6.07) is 10.3. The van der Waals surface area contributed by atoms with Crippen molar-refractivity contribution in [1.82, 2.24) is 4.98 Å². The lowest BCUT2D eigenvalue weighted by Crippen LogP contribution is -2.29. The Bertz CT molecular complexity index is 670. The van der Waals surface area contributed by atoms with Crippen molar-refractivity contribution in [3.63, 3.8) is 0 Å². The zero-order valence-electron chi connectivity index (χ0n) is 10.7. The van der Waals surface area contributed by atoms with Crippen LogP contribution in [-0.2, 0) is 4.79 Å². The number of rotatable bonds is 4. The number of nitrogens with zero attached hydrogens (tertiary/aromatic N) is 2. The summed E-state index contributed by atoms with van der Waals surface area (Å²) in [6.07, 6.45) is 1.10. The molecule has 2 rings (SSSR count). The molecule has 0 radical (unpaired) electrons. The van der Waals surface area contributed by atoms with Crippen LogP contribution in [0.25, 0.3) is 0 Å². The van der Waals surface area contributed by atoms with E-state index < -0.39 is 17.6 Å². The second kappa shape index (κ2) is 5.80. The van der Waals surface area contributed by atoms with Gasteiger partial charge in [-0.2, -0.15) is 5.26 Å². The summed E-state index contributed by atoms with van der Waals surface area (Å²) < 4.78 is 4.91. The van der Waals surface area contributed by atoms with E-state index in [1.165, 1.54) is 0 Å². The van der Waals surface area contributed by atoms with Gasteiger partial charge in [-0.05, 0) is 19.1 Å². The van der Waals surface area contributed by atoms with Gasteiger partial charge in [-0.3, -0.25) is 9.59 Å². The number of oxazole rings is 1. The largest absolute Gasteiger partial charge is 0.448 e. The molecule has 0 aliphatic heterocycles. The van der Waals surface area contributed by atoms with Gasteiger partial charge in [0.2, 0.25) is 11.7 Å². The second-order valence-electron chi connectivity index (χ2n) is 4.04. The minimum absolute atomic E-state index is 0.000221. The molecular formula is C14H11N3O3. The molecule has 1 heterocycles. The first-order valence-corrected chi connectivity index (χ1v) is 5.83. The molecule has 0 fully saturated rings. The molecule has 0 spiro atoms. The Morgan fingerprint density at radius 2 is 2.05 bits per heavy atom. The number of aromatic nitrogens is 1. The summed E-state index contributed by atoms with van der Waals surface area (Å²) in [4.78, 5) is 27.8. The van der Waals surface area contributed by atoms with Crippen LogP contribution in [0.4, 0.5) is 5.69 Å². The maximum atomic E-state index is 12.1. The topological polar surface area (TPSA) is 96.0 Å². The van der Waals surface area contributed by atoms with Crippen LogP contribution in [0.2, 0.25) is 0 Å². The minimum atomic E-state index is -1.46. The number of hydrogen-bond acceptors (Lipinski definition) is 5. The van der Waals surface area contributed by atoms with Crippen molar-refractivity contribution in [2.45, 2.75) is 6.92 Å². The molecule has 6 heteroatoms. The third kappa shape index (κ3) is 2.72. The zero-order valence-corrected chi connectivity index (χ0v) is 10.7. The molecule has 0 saturated heterocycles. The molecule has 1 atom stereocenters. The van der Waals surface area contributed by atoms with Crippen LogP contribution in [-0.4, -0.2) is 16.7 Å². The van der Waals surface area contributed by atoms with Crippen LogP contribution in [0.5, 0.6) is 0 Å². The smallest absolute Gasteiger partial charge is 0.249 e. The van der Waals surface area contributed by atoms with Crippen molar-refractivity contribution in [2.24, 2.45) is 5.92 Å². The van der Waals surface area contributed by atoms with E-state index in [-0.39, 0.29) is 11.5 Å². The lowest BCUT2D eigenvalue weighted by Gasteiger charge is -2.08. The van der Waals surface area contributed by atoms with Crippen LogP contribution < -0.4 is 5.32 Å². The lowest BCUT2D eigenvalue weighted by molar-refractivity contribution is -0.117. The molecule has 0 aliphatic carbocycles. The molecule has 0 unspecified atom stereocenters. The third-order valence-corrected chi connectivity index (χ3v) is 2.67. The van der Waals surface area contributed by atoms with E-state index in [2.05, 4.69) is 10.3 Å². The summed E-state index contributed by atoms with van der Waals surface area (Å²) in [7, 11) is 0. The van der Waals surface area contributed by atoms with E-state index in [0.717, 1.165) is 6.39 Å². The first kappa shape index (κ1) is 13.5. The monoisotopic (exact) mass is 269 g/mol. The standard InChI is InChI=1S/C14H11N3O3/c1-9-12(16-8-20-9)13(18)11(7-15)14(19)17-10-5-3-2-4-6-10/h2-6,8,11H,1H3,(H,17,19)/t11-/m1/s1. The van der Waals surface area contributed by atoms with Crippen molar-refractivity contribution in [3.05, 3.63) is 48.2 Å². The predicted octanol–water partition coefficient (Wildman–Crippen LogP) is 1.94. The van der Waals surface area contributed by atoms with Crippen molar-refractivity contribution in [2.75, 3.05) is 5.32 Å². The molecule has 1 aromatic heterocycles. The molecule has 0 saturated carbocycles. The SMILES string of the molecule is Cc1ocnc1C(=O)[C@@H](C#N)C(=O)Nc1ccccc1. The van der Waals surface area contributed by atoms with Gasteiger partial charge in [0.25, 0.3) is 0 Å². The molecule has 1 amide bonds. The quantitative estimate of drug-likeness (QED) is 0.676. The highest BCUT2D eigenvalue weighted by Crippen LogP contribution is 2.14. The Kier molecular flexibility index (Phi) is 3.91. The van der Waals surface area contributed by atoms with Crippen LogP contribution in [0.3, 0.4) is 0 Å². The molecule has 6 nitrogen and oxygen atoms in total. The highest BCUT2D eigenvalue weighted by atomic mass is 16.3. The summed E-state index contributed by atoms with van der Waals surface area (Å²) in [5.74, 6) is -2.54. The number of aryl methyl sites for hydroxylation is 1. The van der Waals surface area contributed by atoms with Gasteiger partial charge in [0, 0.05) is 5.69 Å². The number of hydrogen-bond donors (Lipinski definition) is 1. The van der Waals surface area contributed by atoms with Gasteiger partial charge in [0.05, 0.1) is 6.07 Å². The number of nitrogens with one attached hydrogen (secondary N) is 1. The molecule has 1 N–H and O–H groups in total. The summed E-state index contributed by atoms with van der Waals surface area (Å²) in [5.41, 5.74) is 0.516. The Morgan fingerprint density at radius 1 is 1.35 bits per heavy atom. The van der Waals surface area contributed by atoms with E-state index in [1.54, 1.807) is 43.3 Å². The van der Waals surface area contributed by atoms with Crippen LogP contribution in [0.15, 0.2) is 41.1 Å². The highest BCUT2D eigenvalue weighted by molar-refractivity contribution is 6.15. The first-order chi connectivity index (χ1) is 9.63. The molecule has 100 valence electrons. The van der Waals surface area contributed by atoms with Gasteiger partial charge in [-0.25, -0.2) is 4.98 Å². The van der Waals surface area contributed by atoms with Gasteiger partial charge in [0.15, 0.2) is 12.3 Å². The van der Waals surface area contributed by atoms with Crippen LogP contribution in [0, 0.1) is 24.2 Å². The maximum Gasteiger partial charge on any atom is 0.249 e. The van der Waals surface area contributed by atoms with Crippen molar-refractivity contribution in [1.29, 1.82) is 5.26 Å². The molecule has 1 aromatic carbocycles. The number of ketones is 1. The molecule has 0 aliphatic rings. The van der Waals surface area contributed by atoms with E-state index in [1.807, 2.05) is 0 Å². The van der Waals surface area contributed by atoms with Gasteiger partial charge >= 0.3 is 0 Å². The number of benzene rings is 1. The van der Waals surface area contributed by atoms with Gasteiger partial charge in [-0.15, -0.1) is 0 Å². The minimum Gasteiger partial charge on any atom is -0.448 e. The Labute approximate surface area is 115 Å². The Morgan fingerprint density at radius 3 is 2.60 bits per heavy atom. The van der Waals surface area contributed by atoms with Gasteiger partial charge in [-0.1, -0.05) is 18.2 Å². The van der Waals surface area contributed by atoms with Gasteiger partial charge in [0.1, 0.15) is 11.5 Å². The number of Topliss-reactive ketones (excluding diaryl/α,β-unsaturated/α-hetero) is 1. The van der Waals surface area contributed by atoms with E-state index in [9.17, 15) is 9.59 Å². The summed E-state index contributed by atoms with van der Waals surface area (Å²) in [6.45, 7) is 1.55. The molecule has 20 heavy (non-hydrogen) atoms. The van der Waals surface area contributed by atoms with Crippen molar-refractivity contribution < 1.29 is 14.0 Å². The fraction of sp³-hybridized carbons (Fsp3) is 0.143. The second-order valence-corrected chi connectivity index (χ2v) is 4.04. The molecule has 0 bridgehead atoms. The Balaban J connectivity index is 2.17. The van der Waals surface area contributed by atoms with Crippen molar-refractivity contribution >= 4 is 17.4 Å². The van der Waals surface area contributed by atoms with E-state index >= 15 is 0 Å². The number of nitriles is 1. The number of amides is 1. The Hall–Kier alpha value is -2.94. The average molecular weight is 269 g/mol.